The number of nitrogens with one attached hydrogen (secondary N) is 2. The summed E-state index contributed by atoms with van der Waals surface area (Å²) in [5.41, 5.74) is 6.78. The highest BCUT2D eigenvalue weighted by atomic mass is 16.5. The number of hydrogen-bond acceptors (Lipinski definition) is 5. The monoisotopic (exact) mass is 653 g/mol. The molecular weight excluding hydrogens is 596 g/mol. The Hall–Kier alpha value is -3.97. The Kier molecular flexibility index (Phi) is 12.6. The number of carbonyl (C=O) groups is 2. The normalized spacial score (nSPS) is 18.4. The summed E-state index contributed by atoms with van der Waals surface area (Å²) in [7, 11) is 3.30. The predicted octanol–water partition coefficient (Wildman–Crippen LogP) is 7.48. The largest absolute Gasteiger partial charge is 0.467 e. The standard InChI is InChI=1S/C41H56N4O3/c1-9-11-24-35(38(46)43-32(39(47)48-8)23-19-20-29-42-7)45-34-26-18-16-22-31(34)41(5,6)37(45)28-14-12-13-27-36-40(3,4)30-21-15-17-25-33(30)44(36)10-2/h12-18,21-22,25-28,32,35,42H,9-11,19-20,23-24,29H2,1-8H3/p+1/t32-,35?/m0/s1. The molecule has 1 amide bonds. The van der Waals surface area contributed by atoms with Gasteiger partial charge in [-0.25, -0.2) is 4.79 Å². The van der Waals surface area contributed by atoms with Crippen molar-refractivity contribution in [2.75, 3.05) is 32.1 Å². The Bertz CT molecular complexity index is 1560. The molecule has 0 saturated heterocycles. The first-order chi connectivity index (χ1) is 23.0. The molecule has 2 aliphatic rings. The van der Waals surface area contributed by atoms with E-state index in [9.17, 15) is 9.59 Å². The van der Waals surface area contributed by atoms with Gasteiger partial charge in [0.2, 0.25) is 11.6 Å². The van der Waals surface area contributed by atoms with Crippen LogP contribution in [0.25, 0.3) is 0 Å². The van der Waals surface area contributed by atoms with E-state index in [4.69, 9.17) is 4.74 Å². The third-order valence-corrected chi connectivity index (χ3v) is 10.0. The molecule has 0 bridgehead atoms. The minimum atomic E-state index is -0.682. The zero-order valence-electron chi connectivity index (χ0n) is 30.4. The summed E-state index contributed by atoms with van der Waals surface area (Å²) in [6.45, 7) is 15.1. The number of ether oxygens (including phenoxy) is 1. The van der Waals surface area contributed by atoms with Crippen molar-refractivity contribution >= 4 is 29.0 Å². The second kappa shape index (κ2) is 16.4. The zero-order chi connectivity index (χ0) is 34.9. The number of allylic oxidation sites excluding steroid dienone is 6. The summed E-state index contributed by atoms with van der Waals surface area (Å²) in [5.74, 6) is -0.545. The van der Waals surface area contributed by atoms with Crippen LogP contribution in [0.5, 0.6) is 0 Å². The number of amides is 1. The molecule has 0 radical (unpaired) electrons. The first-order valence-corrected chi connectivity index (χ1v) is 17.8. The number of anilines is 1. The fourth-order valence-electron chi connectivity index (χ4n) is 7.33. The molecule has 2 N–H and O–H groups in total. The van der Waals surface area contributed by atoms with Crippen LogP contribution in [0.3, 0.4) is 0 Å². The fraction of sp³-hybridized carbons (Fsp3) is 0.488. The summed E-state index contributed by atoms with van der Waals surface area (Å²) in [6, 6.07) is 15.9. The average Bonchev–Trinajstić information content (AvgIpc) is 3.44. The number of benzene rings is 2. The van der Waals surface area contributed by atoms with Gasteiger partial charge in [0, 0.05) is 34.5 Å². The Morgan fingerprint density at radius 3 is 2.29 bits per heavy atom. The van der Waals surface area contributed by atoms with E-state index in [-0.39, 0.29) is 16.7 Å². The van der Waals surface area contributed by atoms with Crippen molar-refractivity contribution in [2.24, 2.45) is 0 Å². The molecule has 0 spiro atoms. The van der Waals surface area contributed by atoms with Crippen LogP contribution in [-0.2, 0) is 25.2 Å². The van der Waals surface area contributed by atoms with E-state index in [1.807, 2.05) is 13.1 Å². The number of carbonyl (C=O) groups excluding carboxylic acids is 2. The summed E-state index contributed by atoms with van der Waals surface area (Å²) in [6.07, 6.45) is 15.5. The van der Waals surface area contributed by atoms with Gasteiger partial charge in [-0.1, -0.05) is 88.2 Å². The molecule has 7 heteroatoms. The quantitative estimate of drug-likeness (QED) is 0.0851. The molecule has 7 nitrogen and oxygen atoms in total. The highest BCUT2D eigenvalue weighted by molar-refractivity contribution is 6.03. The van der Waals surface area contributed by atoms with Crippen molar-refractivity contribution in [1.29, 1.82) is 0 Å². The van der Waals surface area contributed by atoms with Crippen molar-refractivity contribution in [1.82, 2.24) is 10.6 Å². The number of methoxy groups -OCH3 is 1. The molecule has 2 aromatic rings. The number of unbranched alkanes of at least 4 members (excludes halogenated alkanes) is 2. The molecule has 0 saturated carbocycles. The number of fused-ring (bicyclic) bond motifs is 2. The maximum absolute atomic E-state index is 14.2. The summed E-state index contributed by atoms with van der Waals surface area (Å²) < 4.78 is 7.51. The highest BCUT2D eigenvalue weighted by Gasteiger charge is 2.45. The van der Waals surface area contributed by atoms with Crippen LogP contribution < -0.4 is 15.5 Å². The number of rotatable bonds is 16. The van der Waals surface area contributed by atoms with Crippen molar-refractivity contribution in [2.45, 2.75) is 103 Å². The SMILES string of the molecule is CCCCC(C(=O)N[C@@H](CCCCNC)C(=O)OC)N1\C(=C/C=C/C=C/C2=[N+](CC)c3ccccc3C2(C)C)C(C)(C)c2ccccc21. The summed E-state index contributed by atoms with van der Waals surface area (Å²) >= 11 is 0. The van der Waals surface area contributed by atoms with Gasteiger partial charge < -0.3 is 20.3 Å². The number of esters is 1. The molecule has 2 atom stereocenters. The molecule has 2 aliphatic heterocycles. The Morgan fingerprint density at radius 2 is 1.60 bits per heavy atom. The first-order valence-electron chi connectivity index (χ1n) is 17.8. The second-order valence-electron chi connectivity index (χ2n) is 13.9. The van der Waals surface area contributed by atoms with Crippen LogP contribution in [0, 0.1) is 0 Å². The minimum absolute atomic E-state index is 0.0872. The molecule has 2 aromatic carbocycles. The van der Waals surface area contributed by atoms with E-state index in [2.05, 4.69) is 134 Å². The van der Waals surface area contributed by atoms with Gasteiger partial charge in [0.1, 0.15) is 18.6 Å². The van der Waals surface area contributed by atoms with Crippen molar-refractivity contribution in [3.05, 3.63) is 95.7 Å². The number of para-hydroxylation sites is 2. The van der Waals surface area contributed by atoms with E-state index >= 15 is 0 Å². The summed E-state index contributed by atoms with van der Waals surface area (Å²) in [5, 5.41) is 6.25. The first kappa shape index (κ1) is 36.9. The summed E-state index contributed by atoms with van der Waals surface area (Å²) in [4.78, 5) is 29.2. The van der Waals surface area contributed by atoms with Gasteiger partial charge in [0.15, 0.2) is 5.71 Å². The van der Waals surface area contributed by atoms with Gasteiger partial charge in [0.05, 0.1) is 12.5 Å². The lowest BCUT2D eigenvalue weighted by Crippen LogP contribution is -2.52. The fourth-order valence-corrected chi connectivity index (χ4v) is 7.33. The molecule has 1 unspecified atom stereocenters. The molecule has 2 heterocycles. The third-order valence-electron chi connectivity index (χ3n) is 10.0. The minimum Gasteiger partial charge on any atom is -0.467 e. The molecule has 48 heavy (non-hydrogen) atoms. The average molecular weight is 654 g/mol. The Labute approximate surface area is 288 Å². The van der Waals surface area contributed by atoms with E-state index in [1.54, 1.807) is 0 Å². The van der Waals surface area contributed by atoms with Gasteiger partial charge >= 0.3 is 5.97 Å². The number of nitrogens with zero attached hydrogens (tertiary/aromatic N) is 2. The smallest absolute Gasteiger partial charge is 0.328 e. The molecule has 0 fully saturated rings. The van der Waals surface area contributed by atoms with E-state index in [1.165, 1.54) is 29.6 Å². The van der Waals surface area contributed by atoms with Crippen molar-refractivity contribution in [3.63, 3.8) is 0 Å². The van der Waals surface area contributed by atoms with Crippen LogP contribution in [0.2, 0.25) is 0 Å². The Morgan fingerprint density at radius 1 is 0.896 bits per heavy atom. The second-order valence-corrected chi connectivity index (χ2v) is 13.9. The van der Waals surface area contributed by atoms with Crippen molar-refractivity contribution in [3.8, 4) is 0 Å². The Balaban J connectivity index is 1.66. The lowest BCUT2D eigenvalue weighted by Gasteiger charge is -2.34. The van der Waals surface area contributed by atoms with Crippen LogP contribution in [0.1, 0.15) is 91.2 Å². The molecule has 4 rings (SSSR count). The lowest BCUT2D eigenvalue weighted by atomic mass is 9.81. The molecule has 0 aliphatic carbocycles. The van der Waals surface area contributed by atoms with E-state index in [0.717, 1.165) is 50.2 Å². The van der Waals surface area contributed by atoms with Crippen LogP contribution in [-0.4, -0.2) is 61.5 Å². The predicted molar refractivity (Wildman–Crippen MR) is 198 cm³/mol. The topological polar surface area (TPSA) is 73.7 Å². The van der Waals surface area contributed by atoms with Gasteiger partial charge in [-0.3, -0.25) is 4.79 Å². The maximum atomic E-state index is 14.2. The molecule has 0 aromatic heterocycles. The van der Waals surface area contributed by atoms with Crippen molar-refractivity contribution < 1.29 is 18.9 Å². The van der Waals surface area contributed by atoms with Gasteiger partial charge in [-0.2, -0.15) is 4.58 Å². The molecule has 258 valence electrons. The third kappa shape index (κ3) is 7.67. The van der Waals surface area contributed by atoms with Gasteiger partial charge in [-0.05, 0) is 77.8 Å². The molecular formula is C41H57N4O3+. The maximum Gasteiger partial charge on any atom is 0.328 e. The van der Waals surface area contributed by atoms with Crippen LogP contribution in [0.15, 0.2) is 84.6 Å². The van der Waals surface area contributed by atoms with Crippen LogP contribution >= 0.6 is 0 Å². The highest BCUT2D eigenvalue weighted by Crippen LogP contribution is 2.49. The van der Waals surface area contributed by atoms with E-state index in [0.29, 0.717) is 12.8 Å². The lowest BCUT2D eigenvalue weighted by molar-refractivity contribution is -0.433. The zero-order valence-corrected chi connectivity index (χ0v) is 30.4. The van der Waals surface area contributed by atoms with Crippen LogP contribution in [0.4, 0.5) is 11.4 Å². The van der Waals surface area contributed by atoms with Gasteiger partial charge in [0.25, 0.3) is 0 Å². The van der Waals surface area contributed by atoms with Gasteiger partial charge in [-0.15, -0.1) is 0 Å². The number of hydrogen-bond donors (Lipinski definition) is 2. The van der Waals surface area contributed by atoms with E-state index < -0.39 is 18.1 Å².